The van der Waals surface area contributed by atoms with Gasteiger partial charge in [0.05, 0.1) is 25.8 Å². The van der Waals surface area contributed by atoms with Crippen LogP contribution in [0.4, 0.5) is 5.69 Å². The van der Waals surface area contributed by atoms with Crippen LogP contribution < -0.4 is 15.2 Å². The molecule has 1 aliphatic rings. The second kappa shape index (κ2) is 6.45. The smallest absolute Gasteiger partial charge is 0.308 e. The summed E-state index contributed by atoms with van der Waals surface area (Å²) in [6.07, 6.45) is 3.26. The lowest BCUT2D eigenvalue weighted by Gasteiger charge is -2.27. The molecule has 0 saturated heterocycles. The van der Waals surface area contributed by atoms with Gasteiger partial charge in [-0.25, -0.2) is 0 Å². The van der Waals surface area contributed by atoms with Gasteiger partial charge in [-0.2, -0.15) is 4.98 Å². The van der Waals surface area contributed by atoms with Crippen molar-refractivity contribution < 1.29 is 19.0 Å². The van der Waals surface area contributed by atoms with E-state index in [0.29, 0.717) is 17.4 Å². The molecule has 0 bridgehead atoms. The predicted octanol–water partition coefficient (Wildman–Crippen LogP) is 1.78. The predicted molar refractivity (Wildman–Crippen MR) is 73.6 cm³/mol. The van der Waals surface area contributed by atoms with Crippen LogP contribution in [0.1, 0.15) is 25.7 Å². The summed E-state index contributed by atoms with van der Waals surface area (Å²) in [5.41, 5.74) is 6.19. The molecule has 1 aromatic rings. The van der Waals surface area contributed by atoms with Crippen molar-refractivity contribution in [3.8, 4) is 11.8 Å². The number of hydrogen-bond donors (Lipinski definition) is 1. The highest BCUT2D eigenvalue weighted by Gasteiger charge is 2.28. The third kappa shape index (κ3) is 3.31. The van der Waals surface area contributed by atoms with Crippen molar-refractivity contribution in [1.82, 2.24) is 4.98 Å². The van der Waals surface area contributed by atoms with E-state index in [9.17, 15) is 4.79 Å². The van der Waals surface area contributed by atoms with Gasteiger partial charge < -0.3 is 19.9 Å². The number of nitrogens with zero attached hydrogens (tertiary/aromatic N) is 1. The monoisotopic (exact) mass is 280 g/mol. The summed E-state index contributed by atoms with van der Waals surface area (Å²) in [5, 5.41) is 0. The molecule has 6 heteroatoms. The van der Waals surface area contributed by atoms with Crippen molar-refractivity contribution in [2.24, 2.45) is 5.92 Å². The van der Waals surface area contributed by atoms with Crippen LogP contribution in [0.15, 0.2) is 12.1 Å². The first-order valence-corrected chi connectivity index (χ1v) is 6.69. The van der Waals surface area contributed by atoms with Crippen LogP contribution in [-0.4, -0.2) is 31.3 Å². The largest absolute Gasteiger partial charge is 0.479 e. The van der Waals surface area contributed by atoms with E-state index in [1.807, 2.05) is 0 Å². The molecule has 6 nitrogen and oxygen atoms in total. The maximum atomic E-state index is 11.4. The molecule has 2 rings (SSSR count). The highest BCUT2D eigenvalue weighted by molar-refractivity contribution is 5.72. The van der Waals surface area contributed by atoms with Gasteiger partial charge in [0.25, 0.3) is 0 Å². The Bertz CT molecular complexity index is 470. The molecule has 20 heavy (non-hydrogen) atoms. The molecule has 1 fully saturated rings. The van der Waals surface area contributed by atoms with E-state index < -0.39 is 0 Å². The molecule has 1 heterocycles. The topological polar surface area (TPSA) is 83.7 Å². The number of pyridine rings is 1. The summed E-state index contributed by atoms with van der Waals surface area (Å²) in [6, 6.07) is 3.44. The second-order valence-electron chi connectivity index (χ2n) is 4.86. The first-order chi connectivity index (χ1) is 9.63. The molecule has 0 aromatic carbocycles. The Hall–Kier alpha value is -1.98. The zero-order chi connectivity index (χ0) is 14.5. The number of carbonyl (C=O) groups is 1. The van der Waals surface area contributed by atoms with Gasteiger partial charge in [-0.15, -0.1) is 0 Å². The van der Waals surface area contributed by atoms with Crippen molar-refractivity contribution in [1.29, 1.82) is 0 Å². The van der Waals surface area contributed by atoms with Gasteiger partial charge in [0.2, 0.25) is 11.8 Å². The minimum atomic E-state index is -0.129. The SMILES string of the molecule is COc1nc(O[C@H]2CC[C@@H](C(=O)OC)CC2)ccc1N. The van der Waals surface area contributed by atoms with Gasteiger partial charge in [-0.1, -0.05) is 0 Å². The molecule has 110 valence electrons. The summed E-state index contributed by atoms with van der Waals surface area (Å²) >= 11 is 0. The zero-order valence-electron chi connectivity index (χ0n) is 11.8. The number of carbonyl (C=O) groups excluding carboxylic acids is 1. The Morgan fingerprint density at radius 3 is 2.55 bits per heavy atom. The minimum Gasteiger partial charge on any atom is -0.479 e. The van der Waals surface area contributed by atoms with Crippen LogP contribution in [0.25, 0.3) is 0 Å². The Morgan fingerprint density at radius 1 is 1.25 bits per heavy atom. The van der Waals surface area contributed by atoms with Gasteiger partial charge >= 0.3 is 5.97 Å². The van der Waals surface area contributed by atoms with E-state index in [2.05, 4.69) is 4.98 Å². The standard InChI is InChI=1S/C14H20N2O4/c1-18-13-11(15)7-8-12(16-13)20-10-5-3-9(4-6-10)14(17)19-2/h7-10H,3-6,15H2,1-2H3/t9-,10+. The summed E-state index contributed by atoms with van der Waals surface area (Å²) in [6.45, 7) is 0. The summed E-state index contributed by atoms with van der Waals surface area (Å²) in [4.78, 5) is 15.6. The summed E-state index contributed by atoms with van der Waals surface area (Å²) in [7, 11) is 2.94. The van der Waals surface area contributed by atoms with Gasteiger partial charge in [0.1, 0.15) is 6.10 Å². The average Bonchev–Trinajstić information content (AvgIpc) is 2.49. The molecule has 2 N–H and O–H groups in total. The first kappa shape index (κ1) is 14.4. The maximum Gasteiger partial charge on any atom is 0.308 e. The number of esters is 1. The van der Waals surface area contributed by atoms with E-state index >= 15 is 0 Å². The van der Waals surface area contributed by atoms with E-state index in [1.54, 1.807) is 12.1 Å². The first-order valence-electron chi connectivity index (χ1n) is 6.69. The Balaban J connectivity index is 1.91. The molecular formula is C14H20N2O4. The quantitative estimate of drug-likeness (QED) is 0.846. The number of ether oxygens (including phenoxy) is 3. The number of anilines is 1. The van der Waals surface area contributed by atoms with E-state index in [4.69, 9.17) is 19.9 Å². The minimum absolute atomic E-state index is 0.00577. The lowest BCUT2D eigenvalue weighted by atomic mass is 9.87. The van der Waals surface area contributed by atoms with Crippen molar-refractivity contribution in [2.75, 3.05) is 20.0 Å². The highest BCUT2D eigenvalue weighted by atomic mass is 16.5. The molecule has 1 aliphatic carbocycles. The van der Waals surface area contributed by atoms with Crippen molar-refractivity contribution >= 4 is 11.7 Å². The molecular weight excluding hydrogens is 260 g/mol. The van der Waals surface area contributed by atoms with Crippen LogP contribution in [-0.2, 0) is 9.53 Å². The molecule has 0 aliphatic heterocycles. The fourth-order valence-electron chi connectivity index (χ4n) is 2.42. The molecule has 0 unspecified atom stereocenters. The van der Waals surface area contributed by atoms with Crippen LogP contribution in [0.3, 0.4) is 0 Å². The van der Waals surface area contributed by atoms with Crippen LogP contribution in [0.2, 0.25) is 0 Å². The fourth-order valence-corrected chi connectivity index (χ4v) is 2.42. The van der Waals surface area contributed by atoms with Crippen LogP contribution in [0.5, 0.6) is 11.8 Å². The van der Waals surface area contributed by atoms with Crippen LogP contribution in [0, 0.1) is 5.92 Å². The second-order valence-corrected chi connectivity index (χ2v) is 4.86. The molecule has 0 spiro atoms. The van der Waals surface area contributed by atoms with E-state index in [1.165, 1.54) is 14.2 Å². The van der Waals surface area contributed by atoms with E-state index in [-0.39, 0.29) is 18.0 Å². The maximum absolute atomic E-state index is 11.4. The van der Waals surface area contributed by atoms with Crippen LogP contribution >= 0.6 is 0 Å². The number of hydrogen-bond acceptors (Lipinski definition) is 6. The van der Waals surface area contributed by atoms with Crippen molar-refractivity contribution in [3.63, 3.8) is 0 Å². The van der Waals surface area contributed by atoms with Gasteiger partial charge in [-0.05, 0) is 31.7 Å². The lowest BCUT2D eigenvalue weighted by molar-refractivity contribution is -0.147. The molecule has 0 radical (unpaired) electrons. The van der Waals surface area contributed by atoms with Gasteiger partial charge in [-0.3, -0.25) is 4.79 Å². The Labute approximate surface area is 118 Å². The number of rotatable bonds is 4. The molecule has 1 aromatic heterocycles. The summed E-state index contributed by atoms with van der Waals surface area (Å²) in [5.74, 6) is 0.729. The van der Waals surface area contributed by atoms with Crippen molar-refractivity contribution in [2.45, 2.75) is 31.8 Å². The van der Waals surface area contributed by atoms with Gasteiger partial charge in [0.15, 0.2) is 0 Å². The third-order valence-electron chi connectivity index (χ3n) is 3.55. The lowest BCUT2D eigenvalue weighted by Crippen LogP contribution is -2.28. The Kier molecular flexibility index (Phi) is 4.65. The normalized spacial score (nSPS) is 22.1. The number of methoxy groups -OCH3 is 2. The highest BCUT2D eigenvalue weighted by Crippen LogP contribution is 2.29. The number of nitrogen functional groups attached to an aromatic ring is 1. The number of nitrogens with two attached hydrogens (primary N) is 1. The third-order valence-corrected chi connectivity index (χ3v) is 3.55. The zero-order valence-corrected chi connectivity index (χ0v) is 11.8. The molecule has 1 saturated carbocycles. The fraction of sp³-hybridized carbons (Fsp3) is 0.571. The molecule has 0 atom stereocenters. The van der Waals surface area contributed by atoms with Gasteiger partial charge in [0, 0.05) is 6.07 Å². The molecule has 0 amide bonds. The Morgan fingerprint density at radius 2 is 1.95 bits per heavy atom. The average molecular weight is 280 g/mol. The summed E-state index contributed by atoms with van der Waals surface area (Å²) < 4.78 is 15.6. The van der Waals surface area contributed by atoms with E-state index in [0.717, 1.165) is 25.7 Å². The number of aromatic nitrogens is 1. The van der Waals surface area contributed by atoms with Crippen molar-refractivity contribution in [3.05, 3.63) is 12.1 Å².